The fourth-order valence-electron chi connectivity index (χ4n) is 1.66. The average Bonchev–Trinajstić information content (AvgIpc) is 2.36. The van der Waals surface area contributed by atoms with E-state index >= 15 is 0 Å². The number of aryl methyl sites for hydroxylation is 2. The van der Waals surface area contributed by atoms with E-state index in [1.807, 2.05) is 26.0 Å². The summed E-state index contributed by atoms with van der Waals surface area (Å²) in [5.41, 5.74) is 7.87. The molecule has 0 fully saturated rings. The fourth-order valence-corrected chi connectivity index (χ4v) is 1.66. The summed E-state index contributed by atoms with van der Waals surface area (Å²) in [5.74, 6) is -0.00612. The molecule has 0 spiro atoms. The van der Waals surface area contributed by atoms with Crippen molar-refractivity contribution < 1.29 is 9.13 Å². The molecule has 0 aliphatic rings. The lowest BCUT2D eigenvalue weighted by Crippen LogP contribution is -2.11. The highest BCUT2D eigenvalue weighted by Gasteiger charge is 2.08. The number of nitrogens with two attached hydrogens (primary N) is 1. The first kappa shape index (κ1) is 13.1. The van der Waals surface area contributed by atoms with Gasteiger partial charge in [0.1, 0.15) is 11.6 Å². The lowest BCUT2D eigenvalue weighted by atomic mass is 10.1. The SMILES string of the molecule is Cc1ccc(Oc2ccc(C(=N)N)cc2F)cc1C. The van der Waals surface area contributed by atoms with Crippen molar-refractivity contribution in [3.05, 3.63) is 58.9 Å². The number of benzene rings is 2. The van der Waals surface area contributed by atoms with Gasteiger partial charge in [0.2, 0.25) is 0 Å². The van der Waals surface area contributed by atoms with E-state index in [0.717, 1.165) is 11.1 Å². The van der Waals surface area contributed by atoms with Gasteiger partial charge in [-0.2, -0.15) is 0 Å². The molecule has 0 unspecified atom stereocenters. The summed E-state index contributed by atoms with van der Waals surface area (Å²) >= 11 is 0. The Kier molecular flexibility index (Phi) is 3.51. The summed E-state index contributed by atoms with van der Waals surface area (Å²) < 4.78 is 19.3. The first-order valence-corrected chi connectivity index (χ1v) is 5.86. The van der Waals surface area contributed by atoms with Gasteiger partial charge in [-0.15, -0.1) is 0 Å². The molecule has 3 N–H and O–H groups in total. The zero-order valence-electron chi connectivity index (χ0n) is 10.8. The largest absolute Gasteiger partial charge is 0.454 e. The summed E-state index contributed by atoms with van der Waals surface area (Å²) in [6, 6.07) is 9.79. The normalized spacial score (nSPS) is 10.3. The summed E-state index contributed by atoms with van der Waals surface area (Å²) in [5, 5.41) is 7.25. The molecule has 3 nitrogen and oxygen atoms in total. The van der Waals surface area contributed by atoms with Crippen molar-refractivity contribution >= 4 is 5.84 Å². The van der Waals surface area contributed by atoms with Gasteiger partial charge in [-0.05, 0) is 55.3 Å². The quantitative estimate of drug-likeness (QED) is 0.653. The van der Waals surface area contributed by atoms with Crippen molar-refractivity contribution in [2.45, 2.75) is 13.8 Å². The summed E-state index contributed by atoms with van der Waals surface area (Å²) in [6.45, 7) is 3.97. The number of hydrogen-bond donors (Lipinski definition) is 2. The molecule has 0 heterocycles. The first-order valence-electron chi connectivity index (χ1n) is 5.86. The van der Waals surface area contributed by atoms with Crippen LogP contribution in [0.15, 0.2) is 36.4 Å². The predicted molar refractivity (Wildman–Crippen MR) is 73.4 cm³/mol. The Balaban J connectivity index is 2.28. The second-order valence-corrected chi connectivity index (χ2v) is 4.41. The fraction of sp³-hybridized carbons (Fsp3) is 0.133. The van der Waals surface area contributed by atoms with Crippen molar-refractivity contribution in [3.8, 4) is 11.5 Å². The Morgan fingerprint density at radius 2 is 1.84 bits per heavy atom. The molecule has 4 heteroatoms. The van der Waals surface area contributed by atoms with Gasteiger partial charge in [-0.25, -0.2) is 4.39 Å². The number of hydrogen-bond acceptors (Lipinski definition) is 2. The smallest absolute Gasteiger partial charge is 0.166 e. The lowest BCUT2D eigenvalue weighted by molar-refractivity contribution is 0.442. The van der Waals surface area contributed by atoms with Gasteiger partial charge in [0.15, 0.2) is 11.6 Å². The van der Waals surface area contributed by atoms with Gasteiger partial charge in [0, 0.05) is 5.56 Å². The highest BCUT2D eigenvalue weighted by atomic mass is 19.1. The van der Waals surface area contributed by atoms with Crippen LogP contribution in [0.25, 0.3) is 0 Å². The van der Waals surface area contributed by atoms with E-state index in [-0.39, 0.29) is 11.6 Å². The second-order valence-electron chi connectivity index (χ2n) is 4.41. The Labute approximate surface area is 111 Å². The minimum atomic E-state index is -0.536. The van der Waals surface area contributed by atoms with Crippen LogP contribution in [0, 0.1) is 25.1 Å². The molecule has 2 aromatic carbocycles. The van der Waals surface area contributed by atoms with Crippen LogP contribution in [0.4, 0.5) is 4.39 Å². The van der Waals surface area contributed by atoms with Gasteiger partial charge in [0.05, 0.1) is 0 Å². The van der Waals surface area contributed by atoms with Crippen molar-refractivity contribution in [2.75, 3.05) is 0 Å². The van der Waals surface area contributed by atoms with Gasteiger partial charge >= 0.3 is 0 Å². The van der Waals surface area contributed by atoms with Crippen molar-refractivity contribution in [3.63, 3.8) is 0 Å². The highest BCUT2D eigenvalue weighted by molar-refractivity contribution is 5.95. The molecule has 0 aliphatic carbocycles. The zero-order valence-corrected chi connectivity index (χ0v) is 10.8. The van der Waals surface area contributed by atoms with Gasteiger partial charge in [-0.3, -0.25) is 5.41 Å². The Morgan fingerprint density at radius 3 is 2.42 bits per heavy atom. The molecule has 0 aromatic heterocycles. The average molecular weight is 258 g/mol. The van der Waals surface area contributed by atoms with Crippen LogP contribution in [-0.2, 0) is 0 Å². The van der Waals surface area contributed by atoms with E-state index in [9.17, 15) is 4.39 Å². The van der Waals surface area contributed by atoms with Crippen LogP contribution < -0.4 is 10.5 Å². The molecular weight excluding hydrogens is 243 g/mol. The molecule has 0 atom stereocenters. The summed E-state index contributed by atoms with van der Waals surface area (Å²) in [4.78, 5) is 0. The van der Waals surface area contributed by atoms with Gasteiger partial charge < -0.3 is 10.5 Å². The maximum absolute atomic E-state index is 13.8. The van der Waals surface area contributed by atoms with E-state index in [2.05, 4.69) is 0 Å². The Bertz CT molecular complexity index is 638. The van der Waals surface area contributed by atoms with Crippen molar-refractivity contribution in [1.82, 2.24) is 0 Å². The second kappa shape index (κ2) is 5.10. The molecule has 2 rings (SSSR count). The van der Waals surface area contributed by atoms with Crippen LogP contribution in [0.2, 0.25) is 0 Å². The maximum Gasteiger partial charge on any atom is 0.166 e. The van der Waals surface area contributed by atoms with Crippen LogP contribution >= 0.6 is 0 Å². The van der Waals surface area contributed by atoms with Crippen LogP contribution in [0.3, 0.4) is 0 Å². The molecule has 0 amide bonds. The molecule has 0 radical (unpaired) electrons. The van der Waals surface area contributed by atoms with Crippen LogP contribution in [0.1, 0.15) is 16.7 Å². The summed E-state index contributed by atoms with van der Waals surface area (Å²) in [6.07, 6.45) is 0. The third-order valence-electron chi connectivity index (χ3n) is 2.95. The molecule has 0 saturated carbocycles. The lowest BCUT2D eigenvalue weighted by Gasteiger charge is -2.09. The molecule has 2 aromatic rings. The molecule has 0 saturated heterocycles. The topological polar surface area (TPSA) is 59.1 Å². The third-order valence-corrected chi connectivity index (χ3v) is 2.95. The first-order chi connectivity index (χ1) is 8.97. The number of amidine groups is 1. The van der Waals surface area contributed by atoms with E-state index in [4.69, 9.17) is 15.9 Å². The van der Waals surface area contributed by atoms with Crippen molar-refractivity contribution in [2.24, 2.45) is 5.73 Å². The maximum atomic E-state index is 13.8. The number of nitrogens with one attached hydrogen (secondary N) is 1. The number of nitrogen functional groups attached to an aromatic ring is 1. The minimum absolute atomic E-state index is 0.119. The number of ether oxygens (including phenoxy) is 1. The monoisotopic (exact) mass is 258 g/mol. The number of halogens is 1. The molecular formula is C15H15FN2O. The Morgan fingerprint density at radius 1 is 1.11 bits per heavy atom. The highest BCUT2D eigenvalue weighted by Crippen LogP contribution is 2.26. The minimum Gasteiger partial charge on any atom is -0.454 e. The standard InChI is InChI=1S/C15H15FN2O/c1-9-3-5-12(7-10(9)2)19-14-6-4-11(15(17)18)8-13(14)16/h3-8H,1-2H3,(H3,17,18). The molecule has 98 valence electrons. The van der Waals surface area contributed by atoms with Crippen LogP contribution in [-0.4, -0.2) is 5.84 Å². The predicted octanol–water partition coefficient (Wildman–Crippen LogP) is 3.52. The summed E-state index contributed by atoms with van der Waals surface area (Å²) in [7, 11) is 0. The van der Waals surface area contributed by atoms with E-state index in [0.29, 0.717) is 11.3 Å². The molecule has 0 aliphatic heterocycles. The van der Waals surface area contributed by atoms with E-state index < -0.39 is 5.82 Å². The van der Waals surface area contributed by atoms with E-state index in [1.54, 1.807) is 12.1 Å². The zero-order chi connectivity index (χ0) is 14.0. The van der Waals surface area contributed by atoms with Crippen molar-refractivity contribution in [1.29, 1.82) is 5.41 Å². The molecule has 19 heavy (non-hydrogen) atoms. The molecule has 0 bridgehead atoms. The number of rotatable bonds is 3. The van der Waals surface area contributed by atoms with Crippen LogP contribution in [0.5, 0.6) is 11.5 Å². The van der Waals surface area contributed by atoms with E-state index in [1.165, 1.54) is 12.1 Å². The van der Waals surface area contributed by atoms with Gasteiger partial charge in [-0.1, -0.05) is 6.07 Å². The third kappa shape index (κ3) is 2.91. The Hall–Kier alpha value is -2.36. The van der Waals surface area contributed by atoms with Gasteiger partial charge in [0.25, 0.3) is 0 Å².